The van der Waals surface area contributed by atoms with Crippen molar-refractivity contribution < 1.29 is 15.1 Å². The third-order valence-corrected chi connectivity index (χ3v) is 3.43. The molecule has 1 heterocycles. The lowest BCUT2D eigenvalue weighted by molar-refractivity contribution is -0.385. The first kappa shape index (κ1) is 15.8. The predicted molar refractivity (Wildman–Crippen MR) is 80.6 cm³/mol. The molecule has 0 amide bonds. The molecule has 2 aromatic rings. The number of phenolic OH excluding ortho intramolecular Hbond substituents is 2. The van der Waals surface area contributed by atoms with Crippen molar-refractivity contribution in [2.24, 2.45) is 5.10 Å². The fraction of sp³-hybridized carbons (Fsp3) is 0.250. The summed E-state index contributed by atoms with van der Waals surface area (Å²) in [4.78, 5) is 10.1. The summed E-state index contributed by atoms with van der Waals surface area (Å²) in [6.45, 7) is 1.89. The number of hydrogen-bond acceptors (Lipinski definition) is 8. The average Bonchev–Trinajstić information content (AvgIpc) is 2.88. The SMILES string of the molecule is CCc1nnc(SC)n1/N=C\c1cc([N+](=O)[O-])c(O)cc1O. The number of benzene rings is 1. The van der Waals surface area contributed by atoms with E-state index in [-0.39, 0.29) is 11.3 Å². The molecule has 22 heavy (non-hydrogen) atoms. The molecule has 10 heteroatoms. The Balaban J connectivity index is 2.44. The smallest absolute Gasteiger partial charge is 0.311 e. The number of hydrogen-bond donors (Lipinski definition) is 2. The monoisotopic (exact) mass is 323 g/mol. The molecule has 2 N–H and O–H groups in total. The summed E-state index contributed by atoms with van der Waals surface area (Å²) in [6.07, 6.45) is 3.68. The zero-order valence-electron chi connectivity index (χ0n) is 11.8. The van der Waals surface area contributed by atoms with E-state index in [2.05, 4.69) is 15.3 Å². The summed E-state index contributed by atoms with van der Waals surface area (Å²) >= 11 is 1.35. The summed E-state index contributed by atoms with van der Waals surface area (Å²) in [5, 5.41) is 42.6. The fourth-order valence-corrected chi connectivity index (χ4v) is 2.16. The van der Waals surface area contributed by atoms with Gasteiger partial charge in [-0.2, -0.15) is 9.78 Å². The van der Waals surface area contributed by atoms with Crippen LogP contribution >= 0.6 is 11.8 Å². The molecule has 0 unspecified atom stereocenters. The number of aromatic nitrogens is 3. The van der Waals surface area contributed by atoms with E-state index in [0.717, 1.165) is 12.1 Å². The number of thioether (sulfide) groups is 1. The highest BCUT2D eigenvalue weighted by Gasteiger charge is 2.17. The Morgan fingerprint density at radius 2 is 2.14 bits per heavy atom. The maximum Gasteiger partial charge on any atom is 0.311 e. The van der Waals surface area contributed by atoms with Gasteiger partial charge in [0.05, 0.1) is 11.1 Å². The summed E-state index contributed by atoms with van der Waals surface area (Å²) in [7, 11) is 0. The third-order valence-electron chi connectivity index (χ3n) is 2.81. The van der Waals surface area contributed by atoms with Gasteiger partial charge in [0.1, 0.15) is 5.75 Å². The number of nitrogens with zero attached hydrogens (tertiary/aromatic N) is 5. The molecule has 0 atom stereocenters. The van der Waals surface area contributed by atoms with Gasteiger partial charge in [0.2, 0.25) is 5.16 Å². The van der Waals surface area contributed by atoms with Crippen molar-refractivity contribution >= 4 is 23.7 Å². The van der Waals surface area contributed by atoms with E-state index in [1.807, 2.05) is 13.2 Å². The van der Waals surface area contributed by atoms with Gasteiger partial charge in [0.15, 0.2) is 11.6 Å². The van der Waals surface area contributed by atoms with Gasteiger partial charge in [-0.25, -0.2) is 0 Å². The third kappa shape index (κ3) is 3.01. The van der Waals surface area contributed by atoms with Gasteiger partial charge >= 0.3 is 5.69 Å². The highest BCUT2D eigenvalue weighted by atomic mass is 32.2. The van der Waals surface area contributed by atoms with Gasteiger partial charge in [-0.05, 0) is 6.26 Å². The lowest BCUT2D eigenvalue weighted by Crippen LogP contribution is -1.99. The van der Waals surface area contributed by atoms with Crippen LogP contribution in [0.15, 0.2) is 22.4 Å². The Hall–Kier alpha value is -2.62. The van der Waals surface area contributed by atoms with Crippen molar-refractivity contribution in [1.82, 2.24) is 14.9 Å². The molecule has 116 valence electrons. The zero-order valence-corrected chi connectivity index (χ0v) is 12.6. The largest absolute Gasteiger partial charge is 0.507 e. The maximum absolute atomic E-state index is 10.8. The van der Waals surface area contributed by atoms with Crippen LogP contribution in [0, 0.1) is 10.1 Å². The topological polar surface area (TPSA) is 127 Å². The van der Waals surface area contributed by atoms with Gasteiger partial charge in [-0.1, -0.05) is 18.7 Å². The van der Waals surface area contributed by atoms with Crippen molar-refractivity contribution in [2.45, 2.75) is 18.5 Å². The van der Waals surface area contributed by atoms with Gasteiger partial charge < -0.3 is 10.2 Å². The Kier molecular flexibility index (Phi) is 4.61. The molecule has 0 aliphatic heterocycles. The standard InChI is InChI=1S/C12H13N5O4S/c1-3-11-14-15-12(22-2)16(11)13-6-7-4-8(17(20)21)10(19)5-9(7)18/h4-6,18-19H,3H2,1-2H3/b13-6-. The Bertz CT molecular complexity index is 722. The first-order chi connectivity index (χ1) is 10.5. The van der Waals surface area contributed by atoms with Crippen molar-refractivity contribution in [2.75, 3.05) is 6.26 Å². The number of aromatic hydroxyl groups is 2. The summed E-state index contributed by atoms with van der Waals surface area (Å²) in [5.41, 5.74) is -0.406. The molecular weight excluding hydrogens is 310 g/mol. The molecule has 0 aliphatic carbocycles. The zero-order chi connectivity index (χ0) is 16.3. The Morgan fingerprint density at radius 1 is 1.41 bits per heavy atom. The molecular formula is C12H13N5O4S. The number of nitro benzene ring substituents is 1. The van der Waals surface area contributed by atoms with Crippen LogP contribution in [0.5, 0.6) is 11.5 Å². The van der Waals surface area contributed by atoms with E-state index < -0.39 is 16.4 Å². The highest BCUT2D eigenvalue weighted by Crippen LogP contribution is 2.32. The first-order valence-electron chi connectivity index (χ1n) is 6.21. The number of rotatable bonds is 5. The minimum absolute atomic E-state index is 0.104. The lowest BCUT2D eigenvalue weighted by Gasteiger charge is -2.03. The molecule has 0 spiro atoms. The maximum atomic E-state index is 10.8. The normalized spacial score (nSPS) is 11.2. The molecule has 0 fully saturated rings. The van der Waals surface area contributed by atoms with Crippen LogP contribution < -0.4 is 0 Å². The van der Waals surface area contributed by atoms with Crippen molar-refractivity contribution in [1.29, 1.82) is 0 Å². The molecule has 0 aliphatic rings. The quantitative estimate of drug-likeness (QED) is 0.371. The minimum atomic E-state index is -0.740. The first-order valence-corrected chi connectivity index (χ1v) is 7.43. The molecule has 9 nitrogen and oxygen atoms in total. The van der Waals surface area contributed by atoms with Crippen molar-refractivity contribution in [3.63, 3.8) is 0 Å². The van der Waals surface area contributed by atoms with E-state index >= 15 is 0 Å². The fourth-order valence-electron chi connectivity index (χ4n) is 1.71. The van der Waals surface area contributed by atoms with Gasteiger partial charge in [-0.15, -0.1) is 10.2 Å². The second-order valence-electron chi connectivity index (χ2n) is 4.17. The molecule has 1 aromatic carbocycles. The second-order valence-corrected chi connectivity index (χ2v) is 4.94. The van der Waals surface area contributed by atoms with Gasteiger partial charge in [0.25, 0.3) is 0 Å². The van der Waals surface area contributed by atoms with Crippen LogP contribution in [0.3, 0.4) is 0 Å². The van der Waals surface area contributed by atoms with E-state index in [9.17, 15) is 20.3 Å². The van der Waals surface area contributed by atoms with E-state index in [4.69, 9.17) is 0 Å². The Morgan fingerprint density at radius 3 is 2.73 bits per heavy atom. The molecule has 2 rings (SSSR count). The van der Waals surface area contributed by atoms with Crippen molar-refractivity contribution in [3.05, 3.63) is 33.6 Å². The number of aryl methyl sites for hydroxylation is 1. The molecule has 1 aromatic heterocycles. The predicted octanol–water partition coefficient (Wildman–Crippen LogP) is 1.76. The number of nitro groups is 1. The van der Waals surface area contributed by atoms with Gasteiger partial charge in [-0.3, -0.25) is 10.1 Å². The van der Waals surface area contributed by atoms with Gasteiger partial charge in [0, 0.05) is 24.1 Å². The van der Waals surface area contributed by atoms with E-state index in [1.54, 1.807) is 0 Å². The highest BCUT2D eigenvalue weighted by molar-refractivity contribution is 7.98. The lowest BCUT2D eigenvalue weighted by atomic mass is 10.2. The molecule has 0 saturated carbocycles. The summed E-state index contributed by atoms with van der Waals surface area (Å²) in [6, 6.07) is 1.95. The molecule has 0 bridgehead atoms. The summed E-state index contributed by atoms with van der Waals surface area (Å²) in [5.74, 6) is -0.306. The van der Waals surface area contributed by atoms with Crippen LogP contribution in [0.25, 0.3) is 0 Å². The van der Waals surface area contributed by atoms with E-state index in [0.29, 0.717) is 17.4 Å². The van der Waals surface area contributed by atoms with Crippen LogP contribution in [0.1, 0.15) is 18.3 Å². The van der Waals surface area contributed by atoms with E-state index in [1.165, 1.54) is 22.7 Å². The summed E-state index contributed by atoms with van der Waals surface area (Å²) < 4.78 is 1.49. The molecule has 0 radical (unpaired) electrons. The second kappa shape index (κ2) is 6.43. The van der Waals surface area contributed by atoms with Crippen LogP contribution in [-0.2, 0) is 6.42 Å². The molecule has 0 saturated heterocycles. The Labute approximate surface area is 129 Å². The minimum Gasteiger partial charge on any atom is -0.507 e. The number of phenols is 2. The van der Waals surface area contributed by atoms with Crippen LogP contribution in [0.2, 0.25) is 0 Å². The van der Waals surface area contributed by atoms with Crippen LogP contribution in [0.4, 0.5) is 5.69 Å². The van der Waals surface area contributed by atoms with Crippen molar-refractivity contribution in [3.8, 4) is 11.5 Å². The average molecular weight is 323 g/mol. The van der Waals surface area contributed by atoms with Crippen LogP contribution in [-0.4, -0.2) is 42.5 Å².